The Morgan fingerprint density at radius 2 is 2.07 bits per heavy atom. The minimum atomic E-state index is -4.59. The van der Waals surface area contributed by atoms with Crippen molar-refractivity contribution >= 4 is 0 Å². The minimum absolute atomic E-state index is 0.210. The zero-order valence-corrected chi connectivity index (χ0v) is 8.49. The van der Waals surface area contributed by atoms with Gasteiger partial charge in [-0.1, -0.05) is 13.8 Å². The van der Waals surface area contributed by atoms with Crippen molar-refractivity contribution < 1.29 is 18.3 Å². The maximum atomic E-state index is 12.0. The van der Waals surface area contributed by atoms with Gasteiger partial charge >= 0.3 is 6.18 Å². The predicted molar refractivity (Wildman–Crippen MR) is 48.4 cm³/mol. The first-order chi connectivity index (χ1) is 6.80. The second kappa shape index (κ2) is 4.22. The Bertz CT molecular complexity index is 319. The van der Waals surface area contributed by atoms with Gasteiger partial charge in [-0.2, -0.15) is 18.3 Å². The number of aliphatic hydroxyl groups is 1. The largest absolute Gasteiger partial charge is 0.416 e. The van der Waals surface area contributed by atoms with Crippen LogP contribution in [-0.2, 0) is 6.54 Å². The topological polar surface area (TPSA) is 38.0 Å². The van der Waals surface area contributed by atoms with Crippen LogP contribution in [0.1, 0.15) is 25.3 Å². The van der Waals surface area contributed by atoms with E-state index in [1.165, 1.54) is 12.4 Å². The van der Waals surface area contributed by atoms with Gasteiger partial charge in [0.15, 0.2) is 6.10 Å². The van der Waals surface area contributed by atoms with Crippen molar-refractivity contribution in [3.05, 3.63) is 18.0 Å². The zero-order valence-electron chi connectivity index (χ0n) is 8.49. The predicted octanol–water partition coefficient (Wildman–Crippen LogP) is 1.93. The first-order valence-electron chi connectivity index (χ1n) is 4.58. The zero-order chi connectivity index (χ0) is 11.6. The van der Waals surface area contributed by atoms with Crippen LogP contribution >= 0.6 is 0 Å². The molecule has 6 heteroatoms. The molecular formula is C9H13F3N2O. The van der Waals surface area contributed by atoms with E-state index in [-0.39, 0.29) is 5.92 Å². The van der Waals surface area contributed by atoms with Gasteiger partial charge in [0.25, 0.3) is 0 Å². The van der Waals surface area contributed by atoms with Crippen LogP contribution in [0.25, 0.3) is 0 Å². The number of alkyl halides is 3. The molecule has 1 heterocycles. The number of hydrogen-bond donors (Lipinski definition) is 1. The molecule has 86 valence electrons. The fourth-order valence-corrected chi connectivity index (χ4v) is 1.06. The average molecular weight is 222 g/mol. The number of nitrogens with zero attached hydrogens (tertiary/aromatic N) is 2. The molecule has 15 heavy (non-hydrogen) atoms. The molecule has 0 aromatic carbocycles. The van der Waals surface area contributed by atoms with Gasteiger partial charge in [-0.3, -0.25) is 4.68 Å². The van der Waals surface area contributed by atoms with Gasteiger partial charge in [0.2, 0.25) is 0 Å². The summed E-state index contributed by atoms with van der Waals surface area (Å²) in [6, 6.07) is 0. The van der Waals surface area contributed by atoms with Gasteiger partial charge in [0.1, 0.15) is 0 Å². The molecule has 0 spiro atoms. The van der Waals surface area contributed by atoms with Crippen LogP contribution in [0, 0.1) is 0 Å². The second-order valence-electron chi connectivity index (χ2n) is 3.71. The van der Waals surface area contributed by atoms with Crippen LogP contribution in [-0.4, -0.2) is 27.2 Å². The van der Waals surface area contributed by atoms with Gasteiger partial charge in [0.05, 0.1) is 12.7 Å². The van der Waals surface area contributed by atoms with E-state index in [1.54, 1.807) is 0 Å². The van der Waals surface area contributed by atoms with E-state index in [2.05, 4.69) is 5.10 Å². The van der Waals surface area contributed by atoms with Crippen LogP contribution in [0.4, 0.5) is 13.2 Å². The van der Waals surface area contributed by atoms with Gasteiger partial charge in [-0.25, -0.2) is 0 Å². The third-order valence-corrected chi connectivity index (χ3v) is 2.06. The van der Waals surface area contributed by atoms with E-state index in [1.807, 2.05) is 13.8 Å². The lowest BCUT2D eigenvalue weighted by Gasteiger charge is -2.13. The molecule has 0 fully saturated rings. The Morgan fingerprint density at radius 3 is 2.47 bits per heavy atom. The first kappa shape index (κ1) is 12.0. The van der Waals surface area contributed by atoms with E-state index >= 15 is 0 Å². The fourth-order valence-electron chi connectivity index (χ4n) is 1.06. The van der Waals surface area contributed by atoms with Crippen LogP contribution in [0.3, 0.4) is 0 Å². The molecule has 0 unspecified atom stereocenters. The number of rotatable bonds is 3. The molecule has 0 amide bonds. The molecule has 1 aromatic heterocycles. The van der Waals surface area contributed by atoms with Crippen molar-refractivity contribution in [1.82, 2.24) is 9.78 Å². The second-order valence-corrected chi connectivity index (χ2v) is 3.71. The standard InChI is InChI=1S/C9H13F3N2O/c1-6(2)7-3-13-14(4-7)5-8(15)9(10,11)12/h3-4,6,8,15H,5H2,1-2H3/t8-/m0/s1. The number of halogens is 3. The summed E-state index contributed by atoms with van der Waals surface area (Å²) in [7, 11) is 0. The third kappa shape index (κ3) is 3.23. The molecule has 0 radical (unpaired) electrons. The van der Waals surface area contributed by atoms with Crippen molar-refractivity contribution in [3.63, 3.8) is 0 Å². The number of aliphatic hydroxyl groups excluding tert-OH is 1. The fraction of sp³-hybridized carbons (Fsp3) is 0.667. The van der Waals surface area contributed by atoms with Gasteiger partial charge in [-0.15, -0.1) is 0 Å². The highest BCUT2D eigenvalue weighted by Crippen LogP contribution is 2.21. The normalized spacial score (nSPS) is 14.6. The minimum Gasteiger partial charge on any atom is -0.382 e. The molecule has 0 saturated carbocycles. The number of aromatic nitrogens is 2. The Hall–Kier alpha value is -1.04. The molecule has 0 saturated heterocycles. The molecule has 0 aliphatic heterocycles. The molecule has 0 aliphatic rings. The third-order valence-electron chi connectivity index (χ3n) is 2.06. The molecule has 1 atom stereocenters. The highest BCUT2D eigenvalue weighted by atomic mass is 19.4. The van der Waals surface area contributed by atoms with Gasteiger partial charge in [-0.05, 0) is 11.5 Å². The lowest BCUT2D eigenvalue weighted by Crippen LogP contribution is -2.32. The summed E-state index contributed by atoms with van der Waals surface area (Å²) >= 11 is 0. The van der Waals surface area contributed by atoms with Crippen molar-refractivity contribution in [2.45, 2.75) is 38.6 Å². The summed E-state index contributed by atoms with van der Waals surface area (Å²) in [6.07, 6.45) is -3.94. The summed E-state index contributed by atoms with van der Waals surface area (Å²) in [6.45, 7) is 3.28. The summed E-state index contributed by atoms with van der Waals surface area (Å²) in [5.41, 5.74) is 0.851. The molecule has 1 N–H and O–H groups in total. The van der Waals surface area contributed by atoms with E-state index in [9.17, 15) is 13.2 Å². The summed E-state index contributed by atoms with van der Waals surface area (Å²) in [5, 5.41) is 12.5. The molecular weight excluding hydrogens is 209 g/mol. The van der Waals surface area contributed by atoms with Crippen molar-refractivity contribution in [2.24, 2.45) is 0 Å². The number of hydrogen-bond acceptors (Lipinski definition) is 2. The SMILES string of the molecule is CC(C)c1cnn(C[C@H](O)C(F)(F)F)c1. The monoisotopic (exact) mass is 222 g/mol. The van der Waals surface area contributed by atoms with Gasteiger partial charge < -0.3 is 5.11 Å². The van der Waals surface area contributed by atoms with Crippen LogP contribution < -0.4 is 0 Å². The first-order valence-corrected chi connectivity index (χ1v) is 4.58. The maximum absolute atomic E-state index is 12.0. The van der Waals surface area contributed by atoms with E-state index in [0.29, 0.717) is 0 Å². The molecule has 1 aromatic rings. The van der Waals surface area contributed by atoms with Crippen LogP contribution in [0.15, 0.2) is 12.4 Å². The highest BCUT2D eigenvalue weighted by Gasteiger charge is 2.38. The van der Waals surface area contributed by atoms with E-state index < -0.39 is 18.8 Å². The lowest BCUT2D eigenvalue weighted by molar-refractivity contribution is -0.208. The molecule has 0 bridgehead atoms. The van der Waals surface area contributed by atoms with E-state index in [4.69, 9.17) is 5.11 Å². The van der Waals surface area contributed by atoms with Crippen molar-refractivity contribution in [3.8, 4) is 0 Å². The lowest BCUT2D eigenvalue weighted by atomic mass is 10.1. The quantitative estimate of drug-likeness (QED) is 0.848. The van der Waals surface area contributed by atoms with E-state index in [0.717, 1.165) is 10.2 Å². The summed E-state index contributed by atoms with van der Waals surface area (Å²) < 4.78 is 37.1. The smallest absolute Gasteiger partial charge is 0.382 e. The highest BCUT2D eigenvalue weighted by molar-refractivity contribution is 5.08. The van der Waals surface area contributed by atoms with Crippen molar-refractivity contribution in [2.75, 3.05) is 0 Å². The Balaban J connectivity index is 2.65. The molecule has 1 rings (SSSR count). The Morgan fingerprint density at radius 1 is 1.47 bits per heavy atom. The summed E-state index contributed by atoms with van der Waals surface area (Å²) in [5.74, 6) is 0.210. The maximum Gasteiger partial charge on any atom is 0.416 e. The van der Waals surface area contributed by atoms with Crippen LogP contribution in [0.5, 0.6) is 0 Å². The molecule has 3 nitrogen and oxygen atoms in total. The van der Waals surface area contributed by atoms with Gasteiger partial charge in [0, 0.05) is 6.20 Å². The Labute approximate surface area is 85.5 Å². The van der Waals surface area contributed by atoms with Crippen LogP contribution in [0.2, 0.25) is 0 Å². The Kier molecular flexibility index (Phi) is 3.38. The molecule has 0 aliphatic carbocycles. The van der Waals surface area contributed by atoms with Crippen molar-refractivity contribution in [1.29, 1.82) is 0 Å². The average Bonchev–Trinajstić information content (AvgIpc) is 2.50. The summed E-state index contributed by atoms with van der Waals surface area (Å²) in [4.78, 5) is 0.